The first-order chi connectivity index (χ1) is 7.72. The highest BCUT2D eigenvalue weighted by Gasteiger charge is 2.04. The SMILES string of the molecule is COc1ccc(-c2cnccc2C)cc1C. The van der Waals surface area contributed by atoms with E-state index < -0.39 is 0 Å². The minimum Gasteiger partial charge on any atom is -0.496 e. The second kappa shape index (κ2) is 4.35. The Morgan fingerprint density at radius 1 is 1.06 bits per heavy atom. The molecular formula is C14H15NO. The summed E-state index contributed by atoms with van der Waals surface area (Å²) in [5.74, 6) is 0.922. The van der Waals surface area contributed by atoms with Crippen molar-refractivity contribution in [2.45, 2.75) is 13.8 Å². The number of aryl methyl sites for hydroxylation is 2. The van der Waals surface area contributed by atoms with Crippen LogP contribution in [-0.2, 0) is 0 Å². The van der Waals surface area contributed by atoms with Gasteiger partial charge in [0, 0.05) is 18.0 Å². The summed E-state index contributed by atoms with van der Waals surface area (Å²) < 4.78 is 5.25. The largest absolute Gasteiger partial charge is 0.496 e. The summed E-state index contributed by atoms with van der Waals surface area (Å²) in [6.45, 7) is 4.14. The summed E-state index contributed by atoms with van der Waals surface area (Å²) in [6.07, 6.45) is 3.71. The third-order valence-electron chi connectivity index (χ3n) is 2.74. The van der Waals surface area contributed by atoms with E-state index in [2.05, 4.69) is 24.0 Å². The Hall–Kier alpha value is -1.83. The third kappa shape index (κ3) is 1.91. The summed E-state index contributed by atoms with van der Waals surface area (Å²) >= 11 is 0. The van der Waals surface area contributed by atoms with Crippen LogP contribution in [0.1, 0.15) is 11.1 Å². The molecule has 0 aliphatic carbocycles. The van der Waals surface area contributed by atoms with E-state index in [0.29, 0.717) is 0 Å². The van der Waals surface area contributed by atoms with Crippen LogP contribution in [0.4, 0.5) is 0 Å². The van der Waals surface area contributed by atoms with E-state index in [-0.39, 0.29) is 0 Å². The Kier molecular flexibility index (Phi) is 2.91. The van der Waals surface area contributed by atoms with Gasteiger partial charge in [-0.1, -0.05) is 6.07 Å². The number of aromatic nitrogens is 1. The molecule has 1 heterocycles. The van der Waals surface area contributed by atoms with Crippen LogP contribution < -0.4 is 4.74 Å². The van der Waals surface area contributed by atoms with Crippen molar-refractivity contribution in [2.75, 3.05) is 7.11 Å². The lowest BCUT2D eigenvalue weighted by Crippen LogP contribution is -1.89. The monoisotopic (exact) mass is 213 g/mol. The first kappa shape index (κ1) is 10.7. The Labute approximate surface area is 95.9 Å². The summed E-state index contributed by atoms with van der Waals surface area (Å²) in [4.78, 5) is 4.16. The molecule has 0 atom stereocenters. The predicted molar refractivity (Wildman–Crippen MR) is 65.7 cm³/mol. The highest BCUT2D eigenvalue weighted by atomic mass is 16.5. The molecule has 16 heavy (non-hydrogen) atoms. The van der Waals surface area contributed by atoms with Gasteiger partial charge in [0.15, 0.2) is 0 Å². The number of benzene rings is 1. The van der Waals surface area contributed by atoms with Crippen LogP contribution >= 0.6 is 0 Å². The van der Waals surface area contributed by atoms with Crippen LogP contribution in [0.5, 0.6) is 5.75 Å². The fourth-order valence-corrected chi connectivity index (χ4v) is 1.81. The molecule has 2 heteroatoms. The average molecular weight is 213 g/mol. The molecule has 0 fully saturated rings. The molecule has 0 aliphatic heterocycles. The maximum absolute atomic E-state index is 5.25. The average Bonchev–Trinajstić information content (AvgIpc) is 2.29. The van der Waals surface area contributed by atoms with Crippen molar-refractivity contribution in [2.24, 2.45) is 0 Å². The van der Waals surface area contributed by atoms with Crippen molar-refractivity contribution in [3.63, 3.8) is 0 Å². The van der Waals surface area contributed by atoms with E-state index in [0.717, 1.165) is 11.3 Å². The number of nitrogens with zero attached hydrogens (tertiary/aromatic N) is 1. The van der Waals surface area contributed by atoms with Crippen LogP contribution in [0.15, 0.2) is 36.7 Å². The molecule has 0 bridgehead atoms. The van der Waals surface area contributed by atoms with Crippen LogP contribution in [0.3, 0.4) is 0 Å². The van der Waals surface area contributed by atoms with Gasteiger partial charge in [-0.3, -0.25) is 4.98 Å². The number of hydrogen-bond donors (Lipinski definition) is 0. The topological polar surface area (TPSA) is 22.1 Å². The van der Waals surface area contributed by atoms with Crippen LogP contribution in [0, 0.1) is 13.8 Å². The van der Waals surface area contributed by atoms with E-state index in [1.807, 2.05) is 31.5 Å². The minimum atomic E-state index is 0.922. The number of ether oxygens (including phenoxy) is 1. The molecule has 0 N–H and O–H groups in total. The third-order valence-corrected chi connectivity index (χ3v) is 2.74. The Balaban J connectivity index is 2.50. The van der Waals surface area contributed by atoms with Gasteiger partial charge in [0.25, 0.3) is 0 Å². The summed E-state index contributed by atoms with van der Waals surface area (Å²) in [6, 6.07) is 8.21. The lowest BCUT2D eigenvalue weighted by atomic mass is 10.0. The van der Waals surface area contributed by atoms with Crippen LogP contribution in [-0.4, -0.2) is 12.1 Å². The molecule has 1 aromatic carbocycles. The number of pyridine rings is 1. The second-order valence-electron chi connectivity index (χ2n) is 3.87. The smallest absolute Gasteiger partial charge is 0.121 e. The van der Waals surface area contributed by atoms with E-state index in [1.165, 1.54) is 16.7 Å². The lowest BCUT2D eigenvalue weighted by Gasteiger charge is -2.09. The quantitative estimate of drug-likeness (QED) is 0.763. The second-order valence-corrected chi connectivity index (χ2v) is 3.87. The van der Waals surface area contributed by atoms with Gasteiger partial charge in [0.05, 0.1) is 7.11 Å². The van der Waals surface area contributed by atoms with E-state index >= 15 is 0 Å². The maximum atomic E-state index is 5.25. The van der Waals surface area contributed by atoms with Crippen LogP contribution in [0.2, 0.25) is 0 Å². The van der Waals surface area contributed by atoms with Crippen molar-refractivity contribution in [3.8, 4) is 16.9 Å². The molecule has 2 aromatic rings. The normalized spacial score (nSPS) is 10.2. The van der Waals surface area contributed by atoms with E-state index in [9.17, 15) is 0 Å². The van der Waals surface area contributed by atoms with Crippen LogP contribution in [0.25, 0.3) is 11.1 Å². The van der Waals surface area contributed by atoms with Gasteiger partial charge in [0.2, 0.25) is 0 Å². The first-order valence-corrected chi connectivity index (χ1v) is 5.28. The van der Waals surface area contributed by atoms with Gasteiger partial charge in [0.1, 0.15) is 5.75 Å². The number of methoxy groups -OCH3 is 1. The van der Waals surface area contributed by atoms with Crippen molar-refractivity contribution in [1.82, 2.24) is 4.98 Å². The van der Waals surface area contributed by atoms with Gasteiger partial charge in [-0.2, -0.15) is 0 Å². The summed E-state index contributed by atoms with van der Waals surface area (Å²) in [5.41, 5.74) is 4.74. The van der Waals surface area contributed by atoms with Crippen molar-refractivity contribution < 1.29 is 4.74 Å². The maximum Gasteiger partial charge on any atom is 0.121 e. The molecule has 0 amide bonds. The standard InChI is InChI=1S/C14H15NO/c1-10-6-7-15-9-13(10)12-4-5-14(16-3)11(2)8-12/h4-9H,1-3H3. The lowest BCUT2D eigenvalue weighted by molar-refractivity contribution is 0.412. The highest BCUT2D eigenvalue weighted by Crippen LogP contribution is 2.27. The molecule has 0 saturated carbocycles. The van der Waals surface area contributed by atoms with Gasteiger partial charge in [-0.15, -0.1) is 0 Å². The Morgan fingerprint density at radius 3 is 2.50 bits per heavy atom. The number of rotatable bonds is 2. The highest BCUT2D eigenvalue weighted by molar-refractivity contribution is 5.67. The minimum absolute atomic E-state index is 0.922. The molecule has 0 saturated heterocycles. The molecular weight excluding hydrogens is 198 g/mol. The molecule has 0 aliphatic rings. The zero-order valence-electron chi connectivity index (χ0n) is 9.82. The van der Waals surface area contributed by atoms with E-state index in [1.54, 1.807) is 7.11 Å². The van der Waals surface area contributed by atoms with Gasteiger partial charge in [-0.25, -0.2) is 0 Å². The van der Waals surface area contributed by atoms with Crippen molar-refractivity contribution >= 4 is 0 Å². The first-order valence-electron chi connectivity index (χ1n) is 5.28. The molecule has 2 nitrogen and oxygen atoms in total. The van der Waals surface area contributed by atoms with Crippen molar-refractivity contribution in [1.29, 1.82) is 0 Å². The Bertz CT molecular complexity index is 506. The fraction of sp³-hybridized carbons (Fsp3) is 0.214. The molecule has 1 aromatic heterocycles. The van der Waals surface area contributed by atoms with Gasteiger partial charge in [-0.05, 0) is 48.7 Å². The zero-order valence-corrected chi connectivity index (χ0v) is 9.82. The zero-order chi connectivity index (χ0) is 11.5. The summed E-state index contributed by atoms with van der Waals surface area (Å²) in [7, 11) is 1.69. The summed E-state index contributed by atoms with van der Waals surface area (Å²) in [5, 5.41) is 0. The predicted octanol–water partition coefficient (Wildman–Crippen LogP) is 3.37. The van der Waals surface area contributed by atoms with Gasteiger partial charge >= 0.3 is 0 Å². The Morgan fingerprint density at radius 2 is 1.88 bits per heavy atom. The molecule has 2 rings (SSSR count). The number of hydrogen-bond acceptors (Lipinski definition) is 2. The molecule has 0 spiro atoms. The van der Waals surface area contributed by atoms with E-state index in [4.69, 9.17) is 4.74 Å². The fourth-order valence-electron chi connectivity index (χ4n) is 1.81. The molecule has 0 unspecified atom stereocenters. The molecule has 0 radical (unpaired) electrons. The molecule has 82 valence electrons. The van der Waals surface area contributed by atoms with Crippen molar-refractivity contribution in [3.05, 3.63) is 47.8 Å². The van der Waals surface area contributed by atoms with Gasteiger partial charge < -0.3 is 4.74 Å².